The van der Waals surface area contributed by atoms with Gasteiger partial charge in [0, 0.05) is 11.8 Å². The molecule has 0 spiro atoms. The van der Waals surface area contributed by atoms with Gasteiger partial charge >= 0.3 is 0 Å². The van der Waals surface area contributed by atoms with E-state index in [1.807, 2.05) is 0 Å². The number of carbonyl (C=O) groups is 1. The molecule has 0 unspecified atom stereocenters. The summed E-state index contributed by atoms with van der Waals surface area (Å²) in [5, 5.41) is 10.9. The number of carbonyl (C=O) groups excluding carboxylic acids is 1. The van der Waals surface area contributed by atoms with Crippen LogP contribution in [0.25, 0.3) is 0 Å². The Morgan fingerprint density at radius 2 is 1.56 bits per heavy atom. The van der Waals surface area contributed by atoms with Crippen molar-refractivity contribution < 1.29 is 9.90 Å². The molecule has 0 aromatic heterocycles. The quantitative estimate of drug-likeness (QED) is 0.426. The Bertz CT molecular complexity index is 872. The fraction of sp³-hybridized carbons (Fsp3) is 0.906. The van der Waals surface area contributed by atoms with Gasteiger partial charge in [-0.05, 0) is 122 Å². The van der Waals surface area contributed by atoms with Crippen LogP contribution in [0, 0.1) is 56.7 Å². The minimum atomic E-state index is -0.160. The smallest absolute Gasteiger partial charge is 0.139 e. The maximum absolute atomic E-state index is 13.6. The van der Waals surface area contributed by atoms with Crippen molar-refractivity contribution in [3.63, 3.8) is 0 Å². The van der Waals surface area contributed by atoms with Gasteiger partial charge in [0.2, 0.25) is 0 Å². The molecule has 5 saturated carbocycles. The lowest BCUT2D eigenvalue weighted by atomic mass is 9.32. The molecule has 0 bridgehead atoms. The number of hydrogen-bond donors (Lipinski definition) is 1. The lowest BCUT2D eigenvalue weighted by Gasteiger charge is -2.72. The first-order chi connectivity index (χ1) is 15.8. The molecule has 0 aromatic rings. The lowest BCUT2D eigenvalue weighted by Crippen LogP contribution is -2.67. The normalized spacial score (nSPS) is 53.8. The largest absolute Gasteiger partial charge is 0.393 e. The standard InChI is InChI=1S/C32H52O2/c1-9-25(33)32-17-12-21(20(2)3)27(32)22-10-11-24-29(6)15-14-26(34)28(4,5)23(29)13-16-31(24,8)30(22,7)18-19-32/h21-24,26-27,34H,2,9-19H2,1,3-8H3/t21-,22+,23-,24+,26-,27+,29-,30+,31+,32+/m0/s1. The predicted molar refractivity (Wildman–Crippen MR) is 140 cm³/mol. The molecule has 1 N–H and O–H groups in total. The second-order valence-corrected chi connectivity index (χ2v) is 15.0. The van der Waals surface area contributed by atoms with Crippen LogP contribution in [0.5, 0.6) is 0 Å². The van der Waals surface area contributed by atoms with Crippen molar-refractivity contribution in [2.75, 3.05) is 0 Å². The summed E-state index contributed by atoms with van der Waals surface area (Å²) in [5.41, 5.74) is 2.20. The summed E-state index contributed by atoms with van der Waals surface area (Å²) >= 11 is 0. The second-order valence-electron chi connectivity index (χ2n) is 15.0. The van der Waals surface area contributed by atoms with Crippen LogP contribution in [0.15, 0.2) is 12.2 Å². The Morgan fingerprint density at radius 1 is 0.853 bits per heavy atom. The van der Waals surface area contributed by atoms with E-state index in [-0.39, 0.29) is 16.9 Å². The summed E-state index contributed by atoms with van der Waals surface area (Å²) in [7, 11) is 0. The van der Waals surface area contributed by atoms with Crippen LogP contribution in [0.3, 0.4) is 0 Å². The van der Waals surface area contributed by atoms with Gasteiger partial charge in [-0.3, -0.25) is 4.79 Å². The molecule has 5 aliphatic carbocycles. The molecule has 2 heteroatoms. The summed E-state index contributed by atoms with van der Waals surface area (Å²) in [6.45, 7) is 21.4. The summed E-state index contributed by atoms with van der Waals surface area (Å²) in [6.07, 6.45) is 12.4. The average Bonchev–Trinajstić information content (AvgIpc) is 3.18. The predicted octanol–water partition coefficient (Wildman–Crippen LogP) is 7.98. The maximum Gasteiger partial charge on any atom is 0.139 e. The number of hydrogen-bond acceptors (Lipinski definition) is 2. The summed E-state index contributed by atoms with van der Waals surface area (Å²) in [4.78, 5) is 13.6. The zero-order valence-corrected chi connectivity index (χ0v) is 23.3. The van der Waals surface area contributed by atoms with E-state index in [4.69, 9.17) is 0 Å². The summed E-state index contributed by atoms with van der Waals surface area (Å²) in [5.74, 6) is 3.56. The fourth-order valence-electron chi connectivity index (χ4n) is 12.0. The van der Waals surface area contributed by atoms with Crippen LogP contribution in [0.1, 0.15) is 119 Å². The molecule has 34 heavy (non-hydrogen) atoms. The molecule has 0 saturated heterocycles. The average molecular weight is 469 g/mol. The number of allylic oxidation sites excluding steroid dienone is 1. The van der Waals surface area contributed by atoms with Gasteiger partial charge in [0.25, 0.3) is 0 Å². The third kappa shape index (κ3) is 2.87. The van der Waals surface area contributed by atoms with E-state index in [0.29, 0.717) is 52.1 Å². The molecule has 0 radical (unpaired) electrons. The van der Waals surface area contributed by atoms with Gasteiger partial charge in [-0.1, -0.05) is 53.7 Å². The van der Waals surface area contributed by atoms with Crippen molar-refractivity contribution in [2.24, 2.45) is 56.7 Å². The lowest BCUT2D eigenvalue weighted by molar-refractivity contribution is -0.246. The van der Waals surface area contributed by atoms with E-state index in [9.17, 15) is 9.90 Å². The Labute approximate surface area is 209 Å². The molecule has 5 aliphatic rings. The molecule has 5 fully saturated rings. The van der Waals surface area contributed by atoms with Gasteiger partial charge in [0.05, 0.1) is 6.10 Å². The van der Waals surface area contributed by atoms with Gasteiger partial charge in [0.15, 0.2) is 0 Å². The maximum atomic E-state index is 13.6. The van der Waals surface area contributed by atoms with Gasteiger partial charge in [-0.2, -0.15) is 0 Å². The van der Waals surface area contributed by atoms with Crippen LogP contribution in [0.2, 0.25) is 0 Å². The van der Waals surface area contributed by atoms with Crippen molar-refractivity contribution in [2.45, 2.75) is 125 Å². The third-order valence-corrected chi connectivity index (χ3v) is 13.9. The van der Waals surface area contributed by atoms with E-state index < -0.39 is 0 Å². The highest BCUT2D eigenvalue weighted by atomic mass is 16.3. The molecule has 192 valence electrons. The Hall–Kier alpha value is -0.630. The van der Waals surface area contributed by atoms with Crippen LogP contribution < -0.4 is 0 Å². The Balaban J connectivity index is 1.56. The number of rotatable bonds is 3. The molecule has 2 nitrogen and oxygen atoms in total. The second kappa shape index (κ2) is 7.69. The highest BCUT2D eigenvalue weighted by Crippen LogP contribution is 2.77. The summed E-state index contributed by atoms with van der Waals surface area (Å²) in [6, 6.07) is 0. The topological polar surface area (TPSA) is 37.3 Å². The highest BCUT2D eigenvalue weighted by Gasteiger charge is 2.71. The van der Waals surface area contributed by atoms with Crippen molar-refractivity contribution >= 4 is 5.78 Å². The van der Waals surface area contributed by atoms with Crippen molar-refractivity contribution in [3.05, 3.63) is 12.2 Å². The highest BCUT2D eigenvalue weighted by molar-refractivity contribution is 5.85. The van der Waals surface area contributed by atoms with E-state index in [1.165, 1.54) is 50.5 Å². The van der Waals surface area contributed by atoms with Gasteiger partial charge in [-0.25, -0.2) is 0 Å². The molecular weight excluding hydrogens is 416 g/mol. The van der Waals surface area contributed by atoms with E-state index >= 15 is 0 Å². The fourth-order valence-corrected chi connectivity index (χ4v) is 12.0. The van der Waals surface area contributed by atoms with Crippen LogP contribution >= 0.6 is 0 Å². The molecule has 0 aliphatic heterocycles. The van der Waals surface area contributed by atoms with Gasteiger partial charge in [0.1, 0.15) is 5.78 Å². The first kappa shape index (κ1) is 25.0. The number of aliphatic hydroxyl groups excluding tert-OH is 1. The SMILES string of the molecule is C=C(C)[C@@H]1CC[C@]2(C(=O)CC)CC[C@]3(C)[C@H](CC[C@@H]4[C@@]5(C)CC[C@H](O)C(C)(C)[C@@H]5CC[C@]43C)[C@@H]12. The first-order valence-corrected chi connectivity index (χ1v) is 14.7. The molecule has 10 atom stereocenters. The van der Waals surface area contributed by atoms with E-state index in [0.717, 1.165) is 25.2 Å². The minimum absolute atomic E-state index is 0.0118. The van der Waals surface area contributed by atoms with Gasteiger partial charge < -0.3 is 5.11 Å². The molecule has 0 amide bonds. The molecule has 5 rings (SSSR count). The van der Waals surface area contributed by atoms with Crippen molar-refractivity contribution in [3.8, 4) is 0 Å². The van der Waals surface area contributed by atoms with Crippen molar-refractivity contribution in [1.82, 2.24) is 0 Å². The number of Topliss-reactive ketones (excluding diaryl/α,β-unsaturated/α-hetero) is 1. The van der Waals surface area contributed by atoms with Crippen LogP contribution in [-0.2, 0) is 4.79 Å². The summed E-state index contributed by atoms with van der Waals surface area (Å²) < 4.78 is 0. The zero-order valence-electron chi connectivity index (χ0n) is 23.3. The third-order valence-electron chi connectivity index (χ3n) is 13.9. The van der Waals surface area contributed by atoms with Crippen molar-refractivity contribution in [1.29, 1.82) is 0 Å². The Kier molecular flexibility index (Phi) is 5.66. The van der Waals surface area contributed by atoms with Crippen LogP contribution in [0.4, 0.5) is 0 Å². The minimum Gasteiger partial charge on any atom is -0.393 e. The Morgan fingerprint density at radius 3 is 2.21 bits per heavy atom. The molecular formula is C32H52O2. The molecule has 0 aromatic carbocycles. The zero-order chi connectivity index (χ0) is 24.9. The van der Waals surface area contributed by atoms with E-state index in [1.54, 1.807) is 0 Å². The van der Waals surface area contributed by atoms with Gasteiger partial charge in [-0.15, -0.1) is 0 Å². The van der Waals surface area contributed by atoms with Crippen LogP contribution in [-0.4, -0.2) is 17.0 Å². The number of fused-ring (bicyclic) bond motifs is 7. The monoisotopic (exact) mass is 468 g/mol. The molecule has 0 heterocycles. The van der Waals surface area contributed by atoms with E-state index in [2.05, 4.69) is 55.0 Å². The first-order valence-electron chi connectivity index (χ1n) is 14.7. The number of aliphatic hydroxyl groups is 1. The number of ketones is 1.